The van der Waals surface area contributed by atoms with Crippen molar-refractivity contribution in [3.05, 3.63) is 45.3 Å². The van der Waals surface area contributed by atoms with E-state index in [9.17, 15) is 9.18 Å². The highest BCUT2D eigenvalue weighted by molar-refractivity contribution is 6.33. The van der Waals surface area contributed by atoms with E-state index in [1.54, 1.807) is 6.92 Å². The fourth-order valence-electron chi connectivity index (χ4n) is 2.56. The van der Waals surface area contributed by atoms with Gasteiger partial charge in [-0.1, -0.05) is 11.6 Å². The molecule has 1 saturated heterocycles. The Morgan fingerprint density at radius 2 is 1.91 bits per heavy atom. The molecule has 8 heteroatoms. The number of halogens is 2. The van der Waals surface area contributed by atoms with Crippen LogP contribution in [0.5, 0.6) is 0 Å². The van der Waals surface area contributed by atoms with Crippen LogP contribution in [0.1, 0.15) is 5.69 Å². The molecular weight excluding hydrogens is 309 g/mol. The zero-order chi connectivity index (χ0) is 15.7. The quantitative estimate of drug-likeness (QED) is 0.909. The van der Waals surface area contributed by atoms with Crippen molar-refractivity contribution in [3.8, 4) is 0 Å². The maximum atomic E-state index is 13.9. The third-order valence-corrected chi connectivity index (χ3v) is 3.86. The van der Waals surface area contributed by atoms with Gasteiger partial charge < -0.3 is 9.80 Å². The topological polar surface area (TPSA) is 65.1 Å². The van der Waals surface area contributed by atoms with E-state index in [-0.39, 0.29) is 5.56 Å². The number of aromatic amines is 1. The molecule has 6 nitrogen and oxygen atoms in total. The molecular formula is C14H15ClFN5O. The number of rotatable bonds is 2. The van der Waals surface area contributed by atoms with Gasteiger partial charge in [0.25, 0.3) is 5.56 Å². The van der Waals surface area contributed by atoms with Crippen molar-refractivity contribution >= 4 is 23.2 Å². The zero-order valence-electron chi connectivity index (χ0n) is 12.0. The summed E-state index contributed by atoms with van der Waals surface area (Å²) in [6, 6.07) is 1.45. The van der Waals surface area contributed by atoms with Crippen LogP contribution in [-0.2, 0) is 0 Å². The normalized spacial score (nSPS) is 15.2. The van der Waals surface area contributed by atoms with E-state index in [2.05, 4.69) is 15.0 Å². The van der Waals surface area contributed by atoms with Crippen molar-refractivity contribution in [2.24, 2.45) is 0 Å². The van der Waals surface area contributed by atoms with Gasteiger partial charge in [0, 0.05) is 44.1 Å². The summed E-state index contributed by atoms with van der Waals surface area (Å²) in [6.45, 7) is 4.17. The van der Waals surface area contributed by atoms with Gasteiger partial charge in [-0.2, -0.15) is 0 Å². The third kappa shape index (κ3) is 2.89. The lowest BCUT2D eigenvalue weighted by Gasteiger charge is -2.36. The molecule has 22 heavy (non-hydrogen) atoms. The molecule has 0 aliphatic carbocycles. The smallest absolute Gasteiger partial charge is 0.252 e. The number of aromatic nitrogens is 3. The van der Waals surface area contributed by atoms with Gasteiger partial charge >= 0.3 is 0 Å². The molecule has 0 amide bonds. The van der Waals surface area contributed by atoms with E-state index in [1.807, 2.05) is 9.80 Å². The molecule has 3 heterocycles. The molecule has 1 fully saturated rings. The molecule has 0 aromatic carbocycles. The highest BCUT2D eigenvalue weighted by Crippen LogP contribution is 2.28. The summed E-state index contributed by atoms with van der Waals surface area (Å²) in [6.07, 6.45) is 2.60. The predicted octanol–water partition coefficient (Wildman–Crippen LogP) is 1.59. The van der Waals surface area contributed by atoms with Gasteiger partial charge in [-0.15, -0.1) is 0 Å². The second-order valence-corrected chi connectivity index (χ2v) is 5.54. The fraction of sp³-hybridized carbons (Fsp3) is 0.357. The fourth-order valence-corrected chi connectivity index (χ4v) is 2.83. The Kier molecular flexibility index (Phi) is 3.98. The van der Waals surface area contributed by atoms with Gasteiger partial charge in [0.2, 0.25) is 5.95 Å². The lowest BCUT2D eigenvalue weighted by atomic mass is 10.2. The first-order valence-electron chi connectivity index (χ1n) is 6.91. The number of anilines is 2. The van der Waals surface area contributed by atoms with Gasteiger partial charge in [0.1, 0.15) is 0 Å². The summed E-state index contributed by atoms with van der Waals surface area (Å²) in [5, 5.41) is 0.301. The minimum Gasteiger partial charge on any atom is -0.364 e. The number of piperazine rings is 1. The van der Waals surface area contributed by atoms with Gasteiger partial charge in [-0.05, 0) is 6.92 Å². The Labute approximate surface area is 131 Å². The molecule has 1 N–H and O–H groups in total. The molecule has 1 aliphatic heterocycles. The molecule has 2 aromatic rings. The monoisotopic (exact) mass is 323 g/mol. The second-order valence-electron chi connectivity index (χ2n) is 5.14. The minimum absolute atomic E-state index is 0.173. The molecule has 116 valence electrons. The molecule has 0 atom stereocenters. The van der Waals surface area contributed by atoms with Crippen molar-refractivity contribution in [2.75, 3.05) is 36.0 Å². The summed E-state index contributed by atoms with van der Waals surface area (Å²) < 4.78 is 13.9. The Bertz CT molecular complexity index is 722. The van der Waals surface area contributed by atoms with E-state index >= 15 is 0 Å². The van der Waals surface area contributed by atoms with Crippen LogP contribution in [0.25, 0.3) is 0 Å². The lowest BCUT2D eigenvalue weighted by molar-refractivity contribution is 0.589. The van der Waals surface area contributed by atoms with Crippen molar-refractivity contribution in [1.29, 1.82) is 0 Å². The van der Waals surface area contributed by atoms with Gasteiger partial charge in [0.15, 0.2) is 5.82 Å². The molecule has 0 saturated carbocycles. The summed E-state index contributed by atoms with van der Waals surface area (Å²) in [7, 11) is 0. The first-order chi connectivity index (χ1) is 10.5. The molecule has 2 aromatic heterocycles. The van der Waals surface area contributed by atoms with E-state index in [0.717, 1.165) is 6.20 Å². The average molecular weight is 324 g/mol. The Hall–Kier alpha value is -2.15. The van der Waals surface area contributed by atoms with Crippen LogP contribution in [0.4, 0.5) is 16.0 Å². The van der Waals surface area contributed by atoms with Crippen LogP contribution < -0.4 is 15.4 Å². The molecule has 0 bridgehead atoms. The highest BCUT2D eigenvalue weighted by atomic mass is 35.5. The van der Waals surface area contributed by atoms with E-state index < -0.39 is 5.82 Å². The van der Waals surface area contributed by atoms with Crippen molar-refractivity contribution in [3.63, 3.8) is 0 Å². The molecule has 0 radical (unpaired) electrons. The van der Waals surface area contributed by atoms with Crippen LogP contribution in [-0.4, -0.2) is 41.1 Å². The first kappa shape index (κ1) is 14.8. The van der Waals surface area contributed by atoms with Crippen LogP contribution in [0, 0.1) is 12.7 Å². The third-order valence-electron chi connectivity index (χ3n) is 3.58. The Morgan fingerprint density at radius 1 is 1.23 bits per heavy atom. The summed E-state index contributed by atoms with van der Waals surface area (Å²) in [4.78, 5) is 26.2. The van der Waals surface area contributed by atoms with Gasteiger partial charge in [-0.3, -0.25) is 14.8 Å². The number of pyridine rings is 1. The van der Waals surface area contributed by atoms with E-state index in [0.29, 0.717) is 48.5 Å². The number of nitrogens with one attached hydrogen (secondary N) is 1. The number of H-pyrrole nitrogens is 1. The van der Waals surface area contributed by atoms with Crippen LogP contribution in [0.15, 0.2) is 23.3 Å². The van der Waals surface area contributed by atoms with Crippen LogP contribution in [0.2, 0.25) is 5.02 Å². The molecule has 1 aliphatic rings. The molecule has 3 rings (SSSR count). The first-order valence-corrected chi connectivity index (χ1v) is 7.29. The second kappa shape index (κ2) is 5.92. The van der Waals surface area contributed by atoms with Crippen molar-refractivity contribution < 1.29 is 4.39 Å². The maximum Gasteiger partial charge on any atom is 0.252 e. The van der Waals surface area contributed by atoms with Crippen LogP contribution in [0.3, 0.4) is 0 Å². The van der Waals surface area contributed by atoms with E-state index in [4.69, 9.17) is 11.6 Å². The summed E-state index contributed by atoms with van der Waals surface area (Å²) in [5.74, 6) is 0.119. The lowest BCUT2D eigenvalue weighted by Crippen LogP contribution is -2.48. The summed E-state index contributed by atoms with van der Waals surface area (Å²) in [5.41, 5.74) is 0.875. The number of hydrogen-bond donors (Lipinski definition) is 1. The van der Waals surface area contributed by atoms with Crippen molar-refractivity contribution in [2.45, 2.75) is 6.92 Å². The highest BCUT2D eigenvalue weighted by Gasteiger charge is 2.23. The molecule has 0 unspecified atom stereocenters. The van der Waals surface area contributed by atoms with Crippen LogP contribution >= 0.6 is 11.6 Å². The number of nitrogens with zero attached hydrogens (tertiary/aromatic N) is 4. The van der Waals surface area contributed by atoms with Gasteiger partial charge in [0.05, 0.1) is 16.9 Å². The minimum atomic E-state index is -0.428. The van der Waals surface area contributed by atoms with Crippen molar-refractivity contribution in [1.82, 2.24) is 15.0 Å². The maximum absolute atomic E-state index is 13.9. The predicted molar refractivity (Wildman–Crippen MR) is 83.2 cm³/mol. The standard InChI is InChI=1S/C14H15ClFN5O/c1-9-6-12(22)19-14(18-9)21-4-2-20(3-5-21)13-10(15)7-17-8-11(13)16/h6-8H,2-5H2,1H3,(H,18,19,22). The molecule has 0 spiro atoms. The average Bonchev–Trinajstić information content (AvgIpc) is 2.47. The van der Waals surface area contributed by atoms with Gasteiger partial charge in [-0.25, -0.2) is 9.37 Å². The SMILES string of the molecule is Cc1cc(=O)[nH]c(N2CCN(c3c(F)cncc3Cl)CC2)n1. The number of aryl methyl sites for hydroxylation is 1. The Morgan fingerprint density at radius 3 is 2.55 bits per heavy atom. The summed E-state index contributed by atoms with van der Waals surface area (Å²) >= 11 is 6.04. The number of hydrogen-bond acceptors (Lipinski definition) is 5. The zero-order valence-corrected chi connectivity index (χ0v) is 12.8. The Balaban J connectivity index is 1.76. The largest absolute Gasteiger partial charge is 0.364 e. The van der Waals surface area contributed by atoms with E-state index in [1.165, 1.54) is 12.3 Å².